The van der Waals surface area contributed by atoms with Crippen molar-refractivity contribution >= 4 is 27.5 Å². The largest absolute Gasteiger partial charge is 0.310 e. The maximum absolute atomic E-state index is 6.50. The van der Waals surface area contributed by atoms with Gasteiger partial charge in [-0.05, 0) is 52.9 Å². The fourth-order valence-electron chi connectivity index (χ4n) is 3.18. The van der Waals surface area contributed by atoms with Crippen molar-refractivity contribution in [1.29, 1.82) is 0 Å². The molecule has 0 aromatic heterocycles. The summed E-state index contributed by atoms with van der Waals surface area (Å²) in [4.78, 5) is 0. The summed E-state index contributed by atoms with van der Waals surface area (Å²) in [6, 6.07) is 6.67. The van der Waals surface area contributed by atoms with E-state index in [1.165, 1.54) is 44.1 Å². The first-order valence-electron chi connectivity index (χ1n) is 7.89. The van der Waals surface area contributed by atoms with E-state index in [1.807, 2.05) is 6.07 Å². The van der Waals surface area contributed by atoms with Crippen LogP contribution in [0.2, 0.25) is 5.02 Å². The van der Waals surface area contributed by atoms with E-state index in [1.54, 1.807) is 0 Å². The van der Waals surface area contributed by atoms with Gasteiger partial charge in [-0.2, -0.15) is 0 Å². The summed E-state index contributed by atoms with van der Waals surface area (Å²) >= 11 is 10.0. The van der Waals surface area contributed by atoms with Crippen LogP contribution in [-0.4, -0.2) is 6.54 Å². The Bertz CT molecular complexity index is 415. The quantitative estimate of drug-likeness (QED) is 0.646. The first-order chi connectivity index (χ1) is 9.72. The summed E-state index contributed by atoms with van der Waals surface area (Å²) < 4.78 is 1.00. The van der Waals surface area contributed by atoms with Crippen molar-refractivity contribution in [3.63, 3.8) is 0 Å². The van der Waals surface area contributed by atoms with Gasteiger partial charge in [0.25, 0.3) is 0 Å². The summed E-state index contributed by atoms with van der Waals surface area (Å²) in [5, 5.41) is 4.57. The Hall–Kier alpha value is -0.0500. The molecule has 1 N–H and O–H groups in total. The van der Waals surface area contributed by atoms with Crippen molar-refractivity contribution in [3.8, 4) is 0 Å². The lowest BCUT2D eigenvalue weighted by Gasteiger charge is -2.28. The number of hydrogen-bond acceptors (Lipinski definition) is 1. The monoisotopic (exact) mass is 357 g/mol. The van der Waals surface area contributed by atoms with Gasteiger partial charge in [0.1, 0.15) is 0 Å². The molecule has 1 fully saturated rings. The number of hydrogen-bond donors (Lipinski definition) is 1. The molecule has 0 amide bonds. The van der Waals surface area contributed by atoms with E-state index in [2.05, 4.69) is 40.3 Å². The van der Waals surface area contributed by atoms with Gasteiger partial charge >= 0.3 is 0 Å². The first kappa shape index (κ1) is 16.3. The van der Waals surface area contributed by atoms with Gasteiger partial charge in [0, 0.05) is 10.5 Å². The van der Waals surface area contributed by atoms with Crippen LogP contribution in [0.4, 0.5) is 0 Å². The third kappa shape index (κ3) is 4.47. The van der Waals surface area contributed by atoms with Crippen LogP contribution >= 0.6 is 27.5 Å². The van der Waals surface area contributed by atoms with Crippen LogP contribution in [-0.2, 0) is 0 Å². The minimum Gasteiger partial charge on any atom is -0.310 e. The maximum Gasteiger partial charge on any atom is 0.0595 e. The highest BCUT2D eigenvalue weighted by molar-refractivity contribution is 9.10. The van der Waals surface area contributed by atoms with Gasteiger partial charge in [0.05, 0.1) is 5.02 Å². The Morgan fingerprint density at radius 3 is 2.75 bits per heavy atom. The van der Waals surface area contributed by atoms with E-state index in [-0.39, 0.29) is 0 Å². The molecule has 20 heavy (non-hydrogen) atoms. The molecule has 1 unspecified atom stereocenters. The smallest absolute Gasteiger partial charge is 0.0595 e. The second-order valence-electron chi connectivity index (χ2n) is 5.89. The standard InChI is InChI=1S/C17H25BrClN/c1-2-11-20-16(12-13-7-4-3-5-8-13)14-9-6-10-15(18)17(14)19/h6,9-10,13,16,20H,2-5,7-8,11-12H2,1H3. The zero-order valence-corrected chi connectivity index (χ0v) is 14.6. The van der Waals surface area contributed by atoms with Crippen molar-refractivity contribution < 1.29 is 0 Å². The number of rotatable bonds is 6. The van der Waals surface area contributed by atoms with E-state index in [4.69, 9.17) is 11.6 Å². The average molecular weight is 359 g/mol. The Morgan fingerprint density at radius 1 is 1.30 bits per heavy atom. The molecule has 0 radical (unpaired) electrons. The lowest BCUT2D eigenvalue weighted by atomic mass is 9.83. The first-order valence-corrected chi connectivity index (χ1v) is 9.06. The minimum atomic E-state index is 0.392. The molecule has 1 saturated carbocycles. The zero-order chi connectivity index (χ0) is 14.4. The fourth-order valence-corrected chi connectivity index (χ4v) is 3.82. The van der Waals surface area contributed by atoms with E-state index in [0.717, 1.165) is 28.4 Å². The summed E-state index contributed by atoms with van der Waals surface area (Å²) in [7, 11) is 0. The van der Waals surface area contributed by atoms with Crippen LogP contribution in [0.25, 0.3) is 0 Å². The summed E-state index contributed by atoms with van der Waals surface area (Å²) in [6.07, 6.45) is 9.37. The highest BCUT2D eigenvalue weighted by Crippen LogP contribution is 2.36. The second kappa shape index (κ2) is 8.41. The SMILES string of the molecule is CCCNC(CC1CCCCC1)c1cccc(Br)c1Cl. The number of halogens is 2. The van der Waals surface area contributed by atoms with E-state index in [0.29, 0.717) is 6.04 Å². The van der Waals surface area contributed by atoms with Crippen LogP contribution < -0.4 is 5.32 Å². The molecular formula is C17H25BrClN. The van der Waals surface area contributed by atoms with Crippen molar-refractivity contribution in [3.05, 3.63) is 33.3 Å². The molecule has 2 rings (SSSR count). The van der Waals surface area contributed by atoms with Crippen LogP contribution in [0.3, 0.4) is 0 Å². The Balaban J connectivity index is 2.11. The van der Waals surface area contributed by atoms with E-state index in [9.17, 15) is 0 Å². The second-order valence-corrected chi connectivity index (χ2v) is 7.12. The van der Waals surface area contributed by atoms with Crippen molar-refractivity contribution in [2.75, 3.05) is 6.54 Å². The Morgan fingerprint density at radius 2 is 2.05 bits per heavy atom. The van der Waals surface area contributed by atoms with Gasteiger partial charge in [0.2, 0.25) is 0 Å². The molecule has 1 nitrogen and oxygen atoms in total. The molecule has 0 aliphatic heterocycles. The maximum atomic E-state index is 6.50. The van der Waals surface area contributed by atoms with Crippen molar-refractivity contribution in [1.82, 2.24) is 5.32 Å². The predicted molar refractivity (Wildman–Crippen MR) is 91.4 cm³/mol. The Kier molecular flexibility index (Phi) is 6.86. The molecule has 1 atom stereocenters. The van der Waals surface area contributed by atoms with E-state index >= 15 is 0 Å². The topological polar surface area (TPSA) is 12.0 Å². The average Bonchev–Trinajstić information content (AvgIpc) is 2.48. The van der Waals surface area contributed by atoms with Gasteiger partial charge in [-0.1, -0.05) is 62.8 Å². The molecule has 1 aromatic carbocycles. The van der Waals surface area contributed by atoms with Crippen LogP contribution in [0.1, 0.15) is 63.5 Å². The van der Waals surface area contributed by atoms with E-state index < -0.39 is 0 Å². The number of nitrogens with one attached hydrogen (secondary N) is 1. The molecule has 0 saturated heterocycles. The zero-order valence-electron chi connectivity index (χ0n) is 12.3. The van der Waals surface area contributed by atoms with Crippen LogP contribution in [0.15, 0.2) is 22.7 Å². The van der Waals surface area contributed by atoms with Gasteiger partial charge in [-0.25, -0.2) is 0 Å². The van der Waals surface area contributed by atoms with Crippen molar-refractivity contribution in [2.24, 2.45) is 5.92 Å². The summed E-state index contributed by atoms with van der Waals surface area (Å²) in [5.41, 5.74) is 1.25. The van der Waals surface area contributed by atoms with Crippen LogP contribution in [0, 0.1) is 5.92 Å². The molecule has 1 aliphatic carbocycles. The van der Waals surface area contributed by atoms with Gasteiger partial charge in [-0.3, -0.25) is 0 Å². The third-order valence-electron chi connectivity index (χ3n) is 4.29. The lowest BCUT2D eigenvalue weighted by molar-refractivity contribution is 0.300. The fraction of sp³-hybridized carbons (Fsp3) is 0.647. The summed E-state index contributed by atoms with van der Waals surface area (Å²) in [5.74, 6) is 0.855. The van der Waals surface area contributed by atoms with Gasteiger partial charge in [-0.15, -0.1) is 0 Å². The molecule has 1 aromatic rings. The summed E-state index contributed by atoms with van der Waals surface area (Å²) in [6.45, 7) is 3.27. The molecule has 3 heteroatoms. The highest BCUT2D eigenvalue weighted by Gasteiger charge is 2.22. The Labute approximate surface area is 136 Å². The van der Waals surface area contributed by atoms with Crippen LogP contribution in [0.5, 0.6) is 0 Å². The predicted octanol–water partition coefficient (Wildman–Crippen LogP) is 6.11. The normalized spacial score (nSPS) is 18.1. The third-order valence-corrected chi connectivity index (χ3v) is 5.60. The molecular weight excluding hydrogens is 334 g/mol. The lowest BCUT2D eigenvalue weighted by Crippen LogP contribution is -2.25. The molecule has 0 heterocycles. The number of benzene rings is 1. The minimum absolute atomic E-state index is 0.392. The van der Waals surface area contributed by atoms with Crippen molar-refractivity contribution in [2.45, 2.75) is 57.9 Å². The highest BCUT2D eigenvalue weighted by atomic mass is 79.9. The van der Waals surface area contributed by atoms with Gasteiger partial charge in [0.15, 0.2) is 0 Å². The molecule has 0 spiro atoms. The molecule has 1 aliphatic rings. The van der Waals surface area contributed by atoms with Gasteiger partial charge < -0.3 is 5.32 Å². The molecule has 112 valence electrons. The molecule has 0 bridgehead atoms.